The zero-order valence-corrected chi connectivity index (χ0v) is 16.8. The first-order valence-corrected chi connectivity index (χ1v) is 9.31. The predicted molar refractivity (Wildman–Crippen MR) is 109 cm³/mol. The average Bonchev–Trinajstić information content (AvgIpc) is 2.64. The predicted octanol–water partition coefficient (Wildman–Crippen LogP) is 5.82. The van der Waals surface area contributed by atoms with E-state index in [1.165, 1.54) is 12.3 Å². The molecule has 4 rings (SSSR count). The fourth-order valence-corrected chi connectivity index (χ4v) is 3.12. The lowest BCUT2D eigenvalue weighted by atomic mass is 10.2. The summed E-state index contributed by atoms with van der Waals surface area (Å²) in [7, 11) is 0. The Morgan fingerprint density at radius 1 is 1.07 bits per heavy atom. The maximum Gasteiger partial charge on any atom is 0.199 e. The van der Waals surface area contributed by atoms with Gasteiger partial charge in [0.2, 0.25) is 0 Å². The summed E-state index contributed by atoms with van der Waals surface area (Å²) in [6.07, 6.45) is 2.58. The van der Waals surface area contributed by atoms with Crippen molar-refractivity contribution in [2.24, 2.45) is 0 Å². The molecule has 1 N–H and O–H groups in total. The van der Waals surface area contributed by atoms with Crippen molar-refractivity contribution in [2.45, 2.75) is 6.92 Å². The Balaban J connectivity index is 1.64. The minimum atomic E-state index is -0.458. The number of rotatable bonds is 4. The van der Waals surface area contributed by atoms with Gasteiger partial charge < -0.3 is 10.1 Å². The second-order valence-electron chi connectivity index (χ2n) is 5.89. The van der Waals surface area contributed by atoms with Crippen LogP contribution >= 0.6 is 27.5 Å². The molecule has 9 heteroatoms. The highest BCUT2D eigenvalue weighted by atomic mass is 79.9. The normalized spacial score (nSPS) is 10.9. The van der Waals surface area contributed by atoms with Gasteiger partial charge in [0.1, 0.15) is 28.0 Å². The van der Waals surface area contributed by atoms with Gasteiger partial charge in [-0.05, 0) is 58.7 Å². The number of ether oxygens (including phenoxy) is 1. The molecule has 4 aromatic rings. The van der Waals surface area contributed by atoms with E-state index in [2.05, 4.69) is 41.2 Å². The highest BCUT2D eigenvalue weighted by molar-refractivity contribution is 9.10. The van der Waals surface area contributed by atoms with Gasteiger partial charge in [-0.3, -0.25) is 4.98 Å². The Morgan fingerprint density at radius 3 is 2.71 bits per heavy atom. The standard InChI is InChI=1S/C19H12BrClFN5O/c1-10-6-12(2-4-15(10)28-13-7-11(22)8-23-9-13)24-18-17-14(25-19(20)27-18)3-5-16(21)26-17/h2-9H,1H3,(H,24,25,27). The van der Waals surface area contributed by atoms with Crippen molar-refractivity contribution in [2.75, 3.05) is 5.32 Å². The minimum Gasteiger partial charge on any atom is -0.455 e. The first kappa shape index (κ1) is 18.5. The van der Waals surface area contributed by atoms with E-state index in [0.29, 0.717) is 38.2 Å². The van der Waals surface area contributed by atoms with E-state index in [-0.39, 0.29) is 0 Å². The third-order valence-electron chi connectivity index (χ3n) is 3.83. The van der Waals surface area contributed by atoms with Gasteiger partial charge in [0.15, 0.2) is 10.6 Å². The molecule has 0 unspecified atom stereocenters. The maximum absolute atomic E-state index is 13.3. The largest absolute Gasteiger partial charge is 0.455 e. The summed E-state index contributed by atoms with van der Waals surface area (Å²) >= 11 is 9.32. The van der Waals surface area contributed by atoms with Gasteiger partial charge in [0, 0.05) is 11.8 Å². The molecule has 0 saturated heterocycles. The number of anilines is 2. The van der Waals surface area contributed by atoms with Crippen molar-refractivity contribution in [3.05, 3.63) is 70.1 Å². The molecule has 6 nitrogen and oxygen atoms in total. The lowest BCUT2D eigenvalue weighted by Crippen LogP contribution is -2.00. The van der Waals surface area contributed by atoms with E-state index < -0.39 is 5.82 Å². The number of fused-ring (bicyclic) bond motifs is 1. The van der Waals surface area contributed by atoms with Gasteiger partial charge >= 0.3 is 0 Å². The van der Waals surface area contributed by atoms with Crippen LogP contribution in [0.3, 0.4) is 0 Å². The summed E-state index contributed by atoms with van der Waals surface area (Å²) in [5.41, 5.74) is 2.83. The molecule has 3 aromatic heterocycles. The molecule has 140 valence electrons. The third-order valence-corrected chi connectivity index (χ3v) is 4.39. The zero-order chi connectivity index (χ0) is 19.7. The van der Waals surface area contributed by atoms with Crippen LogP contribution in [0, 0.1) is 12.7 Å². The zero-order valence-electron chi connectivity index (χ0n) is 14.4. The van der Waals surface area contributed by atoms with Gasteiger partial charge in [-0.1, -0.05) is 11.6 Å². The number of pyridine rings is 2. The van der Waals surface area contributed by atoms with Crippen LogP contribution in [-0.4, -0.2) is 19.9 Å². The monoisotopic (exact) mass is 459 g/mol. The highest BCUT2D eigenvalue weighted by Gasteiger charge is 2.11. The second kappa shape index (κ2) is 7.65. The Bertz CT molecular complexity index is 1190. The number of aromatic nitrogens is 4. The van der Waals surface area contributed by atoms with Gasteiger partial charge in [0.25, 0.3) is 0 Å². The lowest BCUT2D eigenvalue weighted by molar-refractivity contribution is 0.470. The van der Waals surface area contributed by atoms with Crippen LogP contribution in [0.15, 0.2) is 53.5 Å². The SMILES string of the molecule is Cc1cc(Nc2nc(Br)nc3ccc(Cl)nc23)ccc1Oc1cncc(F)c1. The van der Waals surface area contributed by atoms with E-state index >= 15 is 0 Å². The topological polar surface area (TPSA) is 72.8 Å². The van der Waals surface area contributed by atoms with Gasteiger partial charge in [-0.2, -0.15) is 0 Å². The van der Waals surface area contributed by atoms with Crippen LogP contribution in [-0.2, 0) is 0 Å². The van der Waals surface area contributed by atoms with Crippen molar-refractivity contribution in [1.82, 2.24) is 19.9 Å². The van der Waals surface area contributed by atoms with Crippen LogP contribution in [0.4, 0.5) is 15.9 Å². The molecule has 0 atom stereocenters. The van der Waals surface area contributed by atoms with Crippen molar-refractivity contribution >= 4 is 50.1 Å². The summed E-state index contributed by atoms with van der Waals surface area (Å²) < 4.78 is 19.4. The molecule has 0 aliphatic rings. The summed E-state index contributed by atoms with van der Waals surface area (Å²) in [4.78, 5) is 16.7. The number of halogens is 3. The van der Waals surface area contributed by atoms with Gasteiger partial charge in [-0.15, -0.1) is 0 Å². The van der Waals surface area contributed by atoms with Crippen LogP contribution in [0.1, 0.15) is 5.56 Å². The highest BCUT2D eigenvalue weighted by Crippen LogP contribution is 2.30. The number of aryl methyl sites for hydroxylation is 1. The molecule has 3 heterocycles. The molecule has 0 amide bonds. The Hall–Kier alpha value is -2.84. The lowest BCUT2D eigenvalue weighted by Gasteiger charge is -2.12. The van der Waals surface area contributed by atoms with E-state index in [1.54, 1.807) is 18.2 Å². The van der Waals surface area contributed by atoms with Crippen molar-refractivity contribution in [1.29, 1.82) is 0 Å². The van der Waals surface area contributed by atoms with Gasteiger partial charge in [0.05, 0.1) is 17.9 Å². The number of hydrogen-bond donors (Lipinski definition) is 1. The second-order valence-corrected chi connectivity index (χ2v) is 6.99. The Morgan fingerprint density at radius 2 is 1.93 bits per heavy atom. The van der Waals surface area contributed by atoms with Crippen LogP contribution < -0.4 is 10.1 Å². The quantitative estimate of drug-likeness (QED) is 0.306. The molecule has 1 aromatic carbocycles. The molecule has 0 fully saturated rings. The molecule has 28 heavy (non-hydrogen) atoms. The van der Waals surface area contributed by atoms with E-state index in [4.69, 9.17) is 16.3 Å². The summed E-state index contributed by atoms with van der Waals surface area (Å²) in [5.74, 6) is 0.976. The number of hydrogen-bond acceptors (Lipinski definition) is 6. The summed E-state index contributed by atoms with van der Waals surface area (Å²) in [5, 5.41) is 3.58. The fraction of sp³-hybridized carbons (Fsp3) is 0.0526. The Kier molecular flexibility index (Phi) is 5.06. The first-order chi connectivity index (χ1) is 13.5. The molecule has 0 saturated carbocycles. The summed E-state index contributed by atoms with van der Waals surface area (Å²) in [6, 6.07) is 10.2. The van der Waals surface area contributed by atoms with E-state index in [9.17, 15) is 4.39 Å². The van der Waals surface area contributed by atoms with E-state index in [0.717, 1.165) is 17.4 Å². The minimum absolute atomic E-state index is 0.327. The fourth-order valence-electron chi connectivity index (χ4n) is 2.60. The average molecular weight is 461 g/mol. The Labute approximate surface area is 172 Å². The molecule has 0 radical (unpaired) electrons. The molecule has 0 bridgehead atoms. The third kappa shape index (κ3) is 4.02. The van der Waals surface area contributed by atoms with Crippen LogP contribution in [0.2, 0.25) is 5.15 Å². The molecule has 0 spiro atoms. The van der Waals surface area contributed by atoms with Crippen molar-refractivity contribution < 1.29 is 9.13 Å². The molecular weight excluding hydrogens is 449 g/mol. The van der Waals surface area contributed by atoms with E-state index in [1.807, 2.05) is 19.1 Å². The number of nitrogens with one attached hydrogen (secondary N) is 1. The van der Waals surface area contributed by atoms with Crippen molar-refractivity contribution in [3.63, 3.8) is 0 Å². The smallest absolute Gasteiger partial charge is 0.199 e. The maximum atomic E-state index is 13.3. The van der Waals surface area contributed by atoms with Crippen LogP contribution in [0.5, 0.6) is 11.5 Å². The molecule has 0 aliphatic carbocycles. The number of nitrogens with zero attached hydrogens (tertiary/aromatic N) is 4. The first-order valence-electron chi connectivity index (χ1n) is 8.14. The molecular formula is C19H12BrClFN5O. The van der Waals surface area contributed by atoms with Gasteiger partial charge in [-0.25, -0.2) is 19.3 Å². The van der Waals surface area contributed by atoms with Crippen LogP contribution in [0.25, 0.3) is 11.0 Å². The number of benzene rings is 1. The van der Waals surface area contributed by atoms with Crippen molar-refractivity contribution in [3.8, 4) is 11.5 Å². The summed E-state index contributed by atoms with van der Waals surface area (Å²) in [6.45, 7) is 1.89. The molecule has 0 aliphatic heterocycles.